The molecule has 5 heterocycles. The molecule has 2 fully saturated rings. The van der Waals surface area contributed by atoms with Gasteiger partial charge in [-0.15, -0.1) is 16.6 Å². The maximum absolute atomic E-state index is 14.5. The fourth-order valence-electron chi connectivity index (χ4n) is 8.26. The Labute approximate surface area is 420 Å². The van der Waals surface area contributed by atoms with Crippen LogP contribution in [0.15, 0.2) is 36.7 Å². The minimum atomic E-state index is -1.02. The predicted molar refractivity (Wildman–Crippen MR) is 267 cm³/mol. The normalized spacial score (nSPS) is 16.7. The number of terminal acetylenes is 1. The number of benzene rings is 1. The number of carbonyl (C=O) groups excluding carboxylic acids is 2. The van der Waals surface area contributed by atoms with E-state index in [1.54, 1.807) is 46.2 Å². The third-order valence-electron chi connectivity index (χ3n) is 13.3. The molecular formula is C48H72N16O8. The SMILES string of the molecule is C#CCOCCOCCOCCNc1nc(N2CCN(C(=O)[C@H](CCC(=O)O)n3cc(C(N)[C@H](C)CC)nn3)CC2)nc(N2CCN(C(=O)[C@H](Cc3ccc(O)cc3)n3cc(C(N)[C@H](C)CC)nn3)CC2)n1. The van der Waals surface area contributed by atoms with Crippen molar-refractivity contribution in [3.8, 4) is 18.1 Å². The summed E-state index contributed by atoms with van der Waals surface area (Å²) in [7, 11) is 0. The number of aromatic hydroxyl groups is 1. The van der Waals surface area contributed by atoms with Crippen molar-refractivity contribution in [3.63, 3.8) is 0 Å². The molecule has 0 aliphatic carbocycles. The predicted octanol–water partition coefficient (Wildman–Crippen LogP) is 1.83. The second kappa shape index (κ2) is 27.3. The Morgan fingerprint density at radius 2 is 1.21 bits per heavy atom. The van der Waals surface area contributed by atoms with E-state index in [0.29, 0.717) is 128 Å². The molecule has 4 aromatic rings. The number of hydrogen-bond donors (Lipinski definition) is 5. The number of carbonyl (C=O) groups is 3. The molecule has 6 rings (SSSR count). The van der Waals surface area contributed by atoms with Gasteiger partial charge in [-0.2, -0.15) is 15.0 Å². The molecule has 1 aromatic carbocycles. The van der Waals surface area contributed by atoms with Crippen LogP contribution >= 0.6 is 0 Å². The lowest BCUT2D eigenvalue weighted by molar-refractivity contribution is -0.139. The standard InChI is InChI=1S/C48H72N16O8/c1-6-24-70-26-28-72-29-27-71-25-15-51-46-52-47(61-20-16-59(17-21-61)44(68)39(13-14-41(66)67)63-31-37(55-57-63)42(49)33(4)7-2)54-48(53-46)62-22-18-60(19-23-62)45(69)40(30-35-9-11-36(65)12-10-35)64-32-38(56-58-64)43(50)34(5)8-3/h1,9-12,31-34,39-40,42-43,65H,7-8,13-30,49-50H2,2-5H3,(H,66,67)(H,51,52,53,54)/t33-,34-,39+,40+,42?,43?/m1/s1. The van der Waals surface area contributed by atoms with Crippen molar-refractivity contribution in [2.45, 2.75) is 84.0 Å². The zero-order valence-electron chi connectivity index (χ0n) is 42.0. The molecule has 72 heavy (non-hydrogen) atoms. The lowest BCUT2D eigenvalue weighted by Gasteiger charge is -2.38. The van der Waals surface area contributed by atoms with Gasteiger partial charge in [0.2, 0.25) is 29.7 Å². The van der Waals surface area contributed by atoms with Gasteiger partial charge in [-0.25, -0.2) is 9.36 Å². The quantitative estimate of drug-likeness (QED) is 0.0401. The molecule has 0 radical (unpaired) electrons. The van der Waals surface area contributed by atoms with Crippen LogP contribution in [0.5, 0.6) is 5.75 Å². The smallest absolute Gasteiger partial charge is 0.303 e. The molecule has 0 spiro atoms. The first-order valence-corrected chi connectivity index (χ1v) is 24.9. The van der Waals surface area contributed by atoms with Crippen LogP contribution in [0.25, 0.3) is 0 Å². The van der Waals surface area contributed by atoms with Crippen molar-refractivity contribution in [2.24, 2.45) is 23.3 Å². The van der Waals surface area contributed by atoms with Crippen LogP contribution in [-0.2, 0) is 35.0 Å². The molecule has 0 saturated carbocycles. The Balaban J connectivity index is 1.15. The molecule has 0 bridgehead atoms. The second-order valence-electron chi connectivity index (χ2n) is 18.2. The van der Waals surface area contributed by atoms with Gasteiger partial charge in [-0.1, -0.05) is 69.0 Å². The zero-order valence-corrected chi connectivity index (χ0v) is 42.0. The number of aromatic nitrogens is 9. The molecule has 2 unspecified atom stereocenters. The summed E-state index contributed by atoms with van der Waals surface area (Å²) in [5.41, 5.74) is 15.0. The maximum atomic E-state index is 14.5. The van der Waals surface area contributed by atoms with Crippen molar-refractivity contribution in [1.82, 2.24) is 54.7 Å². The Morgan fingerprint density at radius 1 is 0.722 bits per heavy atom. The molecule has 6 atom stereocenters. The molecule has 7 N–H and O–H groups in total. The lowest BCUT2D eigenvalue weighted by Crippen LogP contribution is -2.52. The number of carboxylic acids is 1. The van der Waals surface area contributed by atoms with E-state index in [9.17, 15) is 24.6 Å². The zero-order chi connectivity index (χ0) is 51.6. The molecular weight excluding hydrogens is 929 g/mol. The Hall–Kier alpha value is -6.52. The number of phenolic OH excluding ortho intramolecular Hbond substituents is 1. The molecule has 3 aromatic heterocycles. The van der Waals surface area contributed by atoms with Gasteiger partial charge in [-0.3, -0.25) is 14.4 Å². The van der Waals surface area contributed by atoms with E-state index < -0.39 is 18.1 Å². The second-order valence-corrected chi connectivity index (χ2v) is 18.2. The molecule has 392 valence electrons. The summed E-state index contributed by atoms with van der Waals surface area (Å²) in [6.07, 6.45) is 10.4. The summed E-state index contributed by atoms with van der Waals surface area (Å²) in [5, 5.41) is 40.1. The van der Waals surface area contributed by atoms with E-state index in [1.807, 2.05) is 28.5 Å². The highest BCUT2D eigenvalue weighted by Gasteiger charge is 2.34. The molecule has 24 nitrogen and oxygen atoms in total. The van der Waals surface area contributed by atoms with Crippen LogP contribution in [0.4, 0.5) is 17.8 Å². The Kier molecular flexibility index (Phi) is 20.8. The number of piperazine rings is 2. The fourth-order valence-corrected chi connectivity index (χ4v) is 8.26. The first kappa shape index (κ1) is 54.8. The first-order valence-electron chi connectivity index (χ1n) is 24.9. The minimum Gasteiger partial charge on any atom is -0.508 e. The van der Waals surface area contributed by atoms with E-state index in [-0.39, 0.29) is 60.9 Å². The van der Waals surface area contributed by atoms with Crippen molar-refractivity contribution in [3.05, 3.63) is 53.6 Å². The van der Waals surface area contributed by atoms with Crippen LogP contribution in [0.3, 0.4) is 0 Å². The van der Waals surface area contributed by atoms with Crippen LogP contribution in [0, 0.1) is 24.2 Å². The van der Waals surface area contributed by atoms with Gasteiger partial charge in [0.1, 0.15) is 24.4 Å². The van der Waals surface area contributed by atoms with Gasteiger partial charge in [0.15, 0.2) is 0 Å². The van der Waals surface area contributed by atoms with Crippen molar-refractivity contribution < 1.29 is 38.8 Å². The average Bonchev–Trinajstić information content (AvgIpc) is 4.10. The summed E-state index contributed by atoms with van der Waals surface area (Å²) in [4.78, 5) is 62.4. The largest absolute Gasteiger partial charge is 0.508 e. The number of anilines is 3. The Morgan fingerprint density at radius 3 is 1.71 bits per heavy atom. The van der Waals surface area contributed by atoms with E-state index in [2.05, 4.69) is 45.7 Å². The third kappa shape index (κ3) is 15.2. The number of rotatable bonds is 28. The van der Waals surface area contributed by atoms with Crippen molar-refractivity contribution >= 4 is 35.6 Å². The third-order valence-corrected chi connectivity index (χ3v) is 13.3. The van der Waals surface area contributed by atoms with Gasteiger partial charge in [-0.05, 0) is 36.0 Å². The summed E-state index contributed by atoms with van der Waals surface area (Å²) in [6, 6.07) is 4.46. The topological polar surface area (TPSA) is 296 Å². The summed E-state index contributed by atoms with van der Waals surface area (Å²) in [5.74, 6) is 2.59. The van der Waals surface area contributed by atoms with Gasteiger partial charge in [0.25, 0.3) is 0 Å². The van der Waals surface area contributed by atoms with Crippen molar-refractivity contribution in [1.29, 1.82) is 0 Å². The van der Waals surface area contributed by atoms with Gasteiger partial charge < -0.3 is 60.8 Å². The van der Waals surface area contributed by atoms with Crippen LogP contribution in [-0.4, -0.2) is 181 Å². The van der Waals surface area contributed by atoms with Gasteiger partial charge in [0, 0.05) is 71.7 Å². The van der Waals surface area contributed by atoms with Crippen LogP contribution in [0.1, 0.15) is 94.5 Å². The van der Waals surface area contributed by atoms with E-state index in [1.165, 1.54) is 4.68 Å². The highest BCUT2D eigenvalue weighted by molar-refractivity contribution is 5.82. The number of nitrogens with zero attached hydrogens (tertiary/aromatic N) is 13. The highest BCUT2D eigenvalue weighted by Crippen LogP contribution is 2.27. The molecule has 2 amide bonds. The molecule has 2 saturated heterocycles. The van der Waals surface area contributed by atoms with E-state index >= 15 is 0 Å². The number of nitrogens with one attached hydrogen (secondary N) is 1. The first-order chi connectivity index (χ1) is 34.8. The number of phenols is 1. The van der Waals surface area contributed by atoms with Crippen molar-refractivity contribution in [2.75, 3.05) is 114 Å². The lowest BCUT2D eigenvalue weighted by atomic mass is 9.98. The number of aliphatic carboxylic acids is 1. The monoisotopic (exact) mass is 1000 g/mol. The van der Waals surface area contributed by atoms with Crippen LogP contribution in [0.2, 0.25) is 0 Å². The van der Waals surface area contributed by atoms with Gasteiger partial charge >= 0.3 is 5.97 Å². The maximum Gasteiger partial charge on any atom is 0.303 e. The average molecular weight is 1000 g/mol. The molecule has 2 aliphatic heterocycles. The number of ether oxygens (including phenoxy) is 3. The van der Waals surface area contributed by atoms with Gasteiger partial charge in [0.05, 0.1) is 68.9 Å². The number of amides is 2. The summed E-state index contributed by atoms with van der Waals surface area (Å²) < 4.78 is 19.6. The van der Waals surface area contributed by atoms with E-state index in [4.69, 9.17) is 47.1 Å². The van der Waals surface area contributed by atoms with Crippen LogP contribution < -0.4 is 26.6 Å². The molecule has 2 aliphatic rings. The molecule has 24 heteroatoms. The summed E-state index contributed by atoms with van der Waals surface area (Å²) >= 11 is 0. The number of carboxylic acid groups (broad SMARTS) is 1. The Bertz CT molecular complexity index is 2360. The minimum absolute atomic E-state index is 0.0346. The number of nitrogens with two attached hydrogens (primary N) is 2. The fraction of sp³-hybridized carbons (Fsp3) is 0.625. The summed E-state index contributed by atoms with van der Waals surface area (Å²) in [6.45, 7) is 13.7. The van der Waals surface area contributed by atoms with E-state index in [0.717, 1.165) is 18.4 Å². The highest BCUT2D eigenvalue weighted by atomic mass is 16.5. The number of hydrogen-bond acceptors (Lipinski definition) is 19.